The molecule has 1 aromatic carbocycles. The van der Waals surface area contributed by atoms with E-state index in [1.54, 1.807) is 11.8 Å². The van der Waals surface area contributed by atoms with Crippen LogP contribution in [-0.2, 0) is 20.7 Å². The molecule has 4 nitrogen and oxygen atoms in total. The minimum Gasteiger partial charge on any atom is -0.469 e. The van der Waals surface area contributed by atoms with Crippen LogP contribution in [0.25, 0.3) is 0 Å². The smallest absolute Gasteiger partial charge is 0.309 e. The van der Waals surface area contributed by atoms with E-state index in [-0.39, 0.29) is 23.8 Å². The Morgan fingerprint density at radius 3 is 2.05 bits per heavy atom. The quantitative estimate of drug-likeness (QED) is 0.787. The van der Waals surface area contributed by atoms with Gasteiger partial charge in [0.2, 0.25) is 5.91 Å². The summed E-state index contributed by atoms with van der Waals surface area (Å²) in [5, 5.41) is 0. The topological polar surface area (TPSA) is 46.6 Å². The Balaban J connectivity index is 2.96. The Hall–Kier alpha value is -1.84. The van der Waals surface area contributed by atoms with Crippen LogP contribution < -0.4 is 4.90 Å². The van der Waals surface area contributed by atoms with Crippen LogP contribution in [0.5, 0.6) is 0 Å². The number of methoxy groups -OCH3 is 1. The molecule has 0 aliphatic carbocycles. The third kappa shape index (κ3) is 4.09. The van der Waals surface area contributed by atoms with Crippen molar-refractivity contribution in [3.05, 3.63) is 29.8 Å². The molecule has 1 amide bonds. The fourth-order valence-corrected chi connectivity index (χ4v) is 2.04. The number of benzene rings is 1. The van der Waals surface area contributed by atoms with Crippen LogP contribution in [0.4, 0.5) is 5.69 Å². The predicted octanol–water partition coefficient (Wildman–Crippen LogP) is 2.55. The standard InChI is InChI=1S/C15H21NO3/c1-11(17)16(15(2,3)4)13-8-6-12(7-9-13)10-14(18)19-5/h6-9H,10H2,1-5H3. The van der Waals surface area contributed by atoms with Crippen LogP contribution >= 0.6 is 0 Å². The first kappa shape index (κ1) is 15.2. The lowest BCUT2D eigenvalue weighted by molar-refractivity contribution is -0.139. The van der Waals surface area contributed by atoms with Gasteiger partial charge in [-0.3, -0.25) is 9.59 Å². The molecule has 0 aliphatic heterocycles. The summed E-state index contributed by atoms with van der Waals surface area (Å²) in [6, 6.07) is 7.39. The van der Waals surface area contributed by atoms with Crippen LogP contribution in [0.2, 0.25) is 0 Å². The number of carbonyl (C=O) groups is 2. The fourth-order valence-electron chi connectivity index (χ4n) is 2.04. The second-order valence-corrected chi connectivity index (χ2v) is 5.44. The van der Waals surface area contributed by atoms with Gasteiger partial charge in [0.15, 0.2) is 0 Å². The molecule has 0 unspecified atom stereocenters. The van der Waals surface area contributed by atoms with Crippen molar-refractivity contribution in [3.8, 4) is 0 Å². The Kier molecular flexibility index (Phi) is 4.70. The lowest BCUT2D eigenvalue weighted by Gasteiger charge is -2.35. The molecule has 0 saturated heterocycles. The van der Waals surface area contributed by atoms with Crippen LogP contribution in [0.15, 0.2) is 24.3 Å². The van der Waals surface area contributed by atoms with Gasteiger partial charge >= 0.3 is 5.97 Å². The van der Waals surface area contributed by atoms with Crippen molar-refractivity contribution < 1.29 is 14.3 Å². The molecule has 1 aromatic rings. The summed E-state index contributed by atoms with van der Waals surface area (Å²) in [4.78, 5) is 24.7. The lowest BCUT2D eigenvalue weighted by Crippen LogP contribution is -2.44. The van der Waals surface area contributed by atoms with Crippen molar-refractivity contribution in [2.75, 3.05) is 12.0 Å². The molecule has 0 aliphatic rings. The van der Waals surface area contributed by atoms with Crippen molar-refractivity contribution in [2.24, 2.45) is 0 Å². The minimum atomic E-state index is -0.282. The second-order valence-electron chi connectivity index (χ2n) is 5.44. The molecule has 0 radical (unpaired) electrons. The van der Waals surface area contributed by atoms with Crippen LogP contribution in [0, 0.1) is 0 Å². The van der Waals surface area contributed by atoms with Gasteiger partial charge in [0, 0.05) is 18.2 Å². The maximum atomic E-state index is 11.8. The molecular weight excluding hydrogens is 242 g/mol. The Labute approximate surface area is 114 Å². The summed E-state index contributed by atoms with van der Waals surface area (Å²) in [5.41, 5.74) is 1.41. The number of nitrogens with zero attached hydrogens (tertiary/aromatic N) is 1. The first-order valence-electron chi connectivity index (χ1n) is 6.22. The van der Waals surface area contributed by atoms with Crippen LogP contribution in [0.3, 0.4) is 0 Å². The monoisotopic (exact) mass is 263 g/mol. The molecule has 1 rings (SSSR count). The number of rotatable bonds is 3. The molecule has 0 aromatic heterocycles. The summed E-state index contributed by atoms with van der Waals surface area (Å²) in [7, 11) is 1.37. The Bertz CT molecular complexity index is 457. The molecule has 0 spiro atoms. The SMILES string of the molecule is COC(=O)Cc1ccc(N(C(C)=O)C(C)(C)C)cc1. The largest absolute Gasteiger partial charge is 0.469 e. The third-order valence-electron chi connectivity index (χ3n) is 2.76. The van der Waals surface area contributed by atoms with Crippen LogP contribution in [0.1, 0.15) is 33.3 Å². The molecule has 0 bridgehead atoms. The average Bonchev–Trinajstić information content (AvgIpc) is 2.29. The van der Waals surface area contributed by atoms with Gasteiger partial charge < -0.3 is 9.64 Å². The summed E-state index contributed by atoms with van der Waals surface area (Å²) in [5.74, 6) is -0.278. The highest BCUT2D eigenvalue weighted by Crippen LogP contribution is 2.24. The first-order valence-corrected chi connectivity index (χ1v) is 6.22. The van der Waals surface area contributed by atoms with E-state index < -0.39 is 0 Å². The second kappa shape index (κ2) is 5.87. The normalized spacial score (nSPS) is 11.0. The number of ether oxygens (including phenoxy) is 1. The molecule has 0 saturated carbocycles. The zero-order valence-corrected chi connectivity index (χ0v) is 12.2. The maximum Gasteiger partial charge on any atom is 0.309 e. The van der Waals surface area contributed by atoms with E-state index >= 15 is 0 Å². The van der Waals surface area contributed by atoms with E-state index in [0.29, 0.717) is 0 Å². The lowest BCUT2D eigenvalue weighted by atomic mass is 10.0. The van der Waals surface area contributed by atoms with E-state index in [2.05, 4.69) is 4.74 Å². The van der Waals surface area contributed by atoms with Gasteiger partial charge in [-0.15, -0.1) is 0 Å². The third-order valence-corrected chi connectivity index (χ3v) is 2.76. The summed E-state index contributed by atoms with van der Waals surface area (Å²) < 4.78 is 4.62. The van der Waals surface area contributed by atoms with Crippen molar-refractivity contribution in [1.29, 1.82) is 0 Å². The highest BCUT2D eigenvalue weighted by molar-refractivity contribution is 5.92. The number of anilines is 1. The highest BCUT2D eigenvalue weighted by Gasteiger charge is 2.25. The van der Waals surface area contributed by atoms with Gasteiger partial charge in [-0.2, -0.15) is 0 Å². The Morgan fingerprint density at radius 2 is 1.68 bits per heavy atom. The summed E-state index contributed by atoms with van der Waals surface area (Å²) >= 11 is 0. The van der Waals surface area contributed by atoms with Gasteiger partial charge in [-0.1, -0.05) is 12.1 Å². The van der Waals surface area contributed by atoms with Crippen molar-refractivity contribution >= 4 is 17.6 Å². The van der Waals surface area contributed by atoms with Gasteiger partial charge in [0.1, 0.15) is 0 Å². The van der Waals surface area contributed by atoms with E-state index in [1.807, 2.05) is 45.0 Å². The van der Waals surface area contributed by atoms with Crippen LogP contribution in [-0.4, -0.2) is 24.5 Å². The van der Waals surface area contributed by atoms with E-state index in [4.69, 9.17) is 0 Å². The maximum absolute atomic E-state index is 11.8. The van der Waals surface area contributed by atoms with E-state index in [0.717, 1.165) is 11.3 Å². The summed E-state index contributed by atoms with van der Waals surface area (Å²) in [6.45, 7) is 7.50. The number of esters is 1. The molecule has 0 fully saturated rings. The van der Waals surface area contributed by atoms with Gasteiger partial charge in [0.25, 0.3) is 0 Å². The molecule has 19 heavy (non-hydrogen) atoms. The number of hydrogen-bond donors (Lipinski definition) is 0. The summed E-state index contributed by atoms with van der Waals surface area (Å²) in [6.07, 6.45) is 0.242. The van der Waals surface area contributed by atoms with Gasteiger partial charge in [-0.25, -0.2) is 0 Å². The Morgan fingerprint density at radius 1 is 1.16 bits per heavy atom. The van der Waals surface area contributed by atoms with Crippen molar-refractivity contribution in [1.82, 2.24) is 0 Å². The van der Waals surface area contributed by atoms with Gasteiger partial charge in [0.05, 0.1) is 13.5 Å². The van der Waals surface area contributed by atoms with Crippen molar-refractivity contribution in [2.45, 2.75) is 39.7 Å². The average molecular weight is 263 g/mol. The van der Waals surface area contributed by atoms with E-state index in [9.17, 15) is 9.59 Å². The number of amides is 1. The zero-order chi connectivity index (χ0) is 14.6. The molecular formula is C15H21NO3. The fraction of sp³-hybridized carbons (Fsp3) is 0.467. The predicted molar refractivity (Wildman–Crippen MR) is 75.1 cm³/mol. The molecule has 104 valence electrons. The molecule has 0 heterocycles. The van der Waals surface area contributed by atoms with Crippen molar-refractivity contribution in [3.63, 3.8) is 0 Å². The minimum absolute atomic E-state index is 0.00628. The first-order chi connectivity index (χ1) is 8.75. The number of carbonyl (C=O) groups excluding carboxylic acids is 2. The molecule has 4 heteroatoms. The molecule has 0 N–H and O–H groups in total. The molecule has 0 atom stereocenters. The van der Waals surface area contributed by atoms with Gasteiger partial charge in [-0.05, 0) is 38.5 Å². The van der Waals surface area contributed by atoms with E-state index in [1.165, 1.54) is 7.11 Å². The zero-order valence-electron chi connectivity index (χ0n) is 12.2. The highest BCUT2D eigenvalue weighted by atomic mass is 16.5. The number of hydrogen-bond acceptors (Lipinski definition) is 3.